The van der Waals surface area contributed by atoms with E-state index in [4.69, 9.17) is 10.5 Å². The molecule has 0 aromatic heterocycles. The molecule has 2 rings (SSSR count). The van der Waals surface area contributed by atoms with Crippen LogP contribution in [0.2, 0.25) is 0 Å². The van der Waals surface area contributed by atoms with Gasteiger partial charge in [-0.1, -0.05) is 26.0 Å². The fourth-order valence-corrected chi connectivity index (χ4v) is 3.66. The predicted octanol–water partition coefficient (Wildman–Crippen LogP) is 3.13. The molecule has 4 heteroatoms. The maximum atomic E-state index is 5.82. The lowest BCUT2D eigenvalue weighted by Crippen LogP contribution is -2.29. The van der Waals surface area contributed by atoms with E-state index in [0.717, 1.165) is 30.9 Å². The van der Waals surface area contributed by atoms with Gasteiger partial charge in [-0.3, -0.25) is 0 Å². The summed E-state index contributed by atoms with van der Waals surface area (Å²) in [6.07, 6.45) is 2.36. The molecule has 0 saturated carbocycles. The Hall–Kier alpha value is -0.710. The fraction of sp³-hybridized carbons (Fsp3) is 0.647. The number of thioether (sulfide) groups is 1. The van der Waals surface area contributed by atoms with E-state index in [1.807, 2.05) is 24.3 Å². The molecule has 3 nitrogen and oxygen atoms in total. The molecule has 1 aromatic carbocycles. The lowest BCUT2D eigenvalue weighted by atomic mass is 10.1. The van der Waals surface area contributed by atoms with Crippen molar-refractivity contribution >= 4 is 11.8 Å². The first-order chi connectivity index (χ1) is 10.1. The SMILES string of the molecule is CC1(C)CCN(CCCOc2cccc(CN)c2)CCS1. The smallest absolute Gasteiger partial charge is 0.119 e. The van der Waals surface area contributed by atoms with Crippen molar-refractivity contribution in [3.63, 3.8) is 0 Å². The van der Waals surface area contributed by atoms with Crippen LogP contribution in [-0.4, -0.2) is 41.6 Å². The third kappa shape index (κ3) is 5.89. The topological polar surface area (TPSA) is 38.5 Å². The van der Waals surface area contributed by atoms with Gasteiger partial charge in [0.15, 0.2) is 0 Å². The molecule has 1 aromatic rings. The van der Waals surface area contributed by atoms with E-state index in [-0.39, 0.29) is 0 Å². The molecular formula is C17H28N2OS. The Labute approximate surface area is 133 Å². The monoisotopic (exact) mass is 308 g/mol. The first kappa shape index (κ1) is 16.7. The van der Waals surface area contributed by atoms with E-state index in [1.165, 1.54) is 25.3 Å². The van der Waals surface area contributed by atoms with Gasteiger partial charge in [-0.25, -0.2) is 0 Å². The summed E-state index contributed by atoms with van der Waals surface area (Å²) in [7, 11) is 0. The van der Waals surface area contributed by atoms with E-state index in [2.05, 4.69) is 30.5 Å². The highest BCUT2D eigenvalue weighted by atomic mass is 32.2. The summed E-state index contributed by atoms with van der Waals surface area (Å²) in [5.74, 6) is 2.18. The minimum atomic E-state index is 0.438. The van der Waals surface area contributed by atoms with Crippen molar-refractivity contribution in [2.75, 3.05) is 32.0 Å². The van der Waals surface area contributed by atoms with Gasteiger partial charge in [0.2, 0.25) is 0 Å². The number of hydrogen-bond acceptors (Lipinski definition) is 4. The number of hydrogen-bond donors (Lipinski definition) is 1. The quantitative estimate of drug-likeness (QED) is 0.820. The van der Waals surface area contributed by atoms with E-state index in [9.17, 15) is 0 Å². The van der Waals surface area contributed by atoms with Gasteiger partial charge in [-0.2, -0.15) is 11.8 Å². The Morgan fingerprint density at radius 1 is 1.33 bits per heavy atom. The van der Waals surface area contributed by atoms with Gasteiger partial charge < -0.3 is 15.4 Å². The summed E-state index contributed by atoms with van der Waals surface area (Å²) < 4.78 is 6.26. The molecule has 0 amide bonds. The Kier molecular flexibility index (Phi) is 6.40. The minimum absolute atomic E-state index is 0.438. The van der Waals surface area contributed by atoms with Crippen molar-refractivity contribution in [3.05, 3.63) is 29.8 Å². The van der Waals surface area contributed by atoms with Gasteiger partial charge in [0.25, 0.3) is 0 Å². The second kappa shape index (κ2) is 8.06. The van der Waals surface area contributed by atoms with Crippen LogP contribution in [0.4, 0.5) is 0 Å². The molecule has 0 radical (unpaired) electrons. The zero-order valence-electron chi connectivity index (χ0n) is 13.3. The molecule has 118 valence electrons. The average molecular weight is 308 g/mol. The van der Waals surface area contributed by atoms with Crippen LogP contribution in [-0.2, 0) is 6.54 Å². The van der Waals surface area contributed by atoms with Crippen molar-refractivity contribution in [3.8, 4) is 5.75 Å². The van der Waals surface area contributed by atoms with E-state index in [0.29, 0.717) is 11.3 Å². The second-order valence-corrected chi connectivity index (χ2v) is 8.06. The van der Waals surface area contributed by atoms with Crippen LogP contribution >= 0.6 is 11.8 Å². The van der Waals surface area contributed by atoms with Gasteiger partial charge in [0.05, 0.1) is 6.61 Å². The maximum absolute atomic E-state index is 5.82. The molecule has 0 atom stereocenters. The van der Waals surface area contributed by atoms with Crippen LogP contribution in [0.3, 0.4) is 0 Å². The molecule has 0 spiro atoms. The van der Waals surface area contributed by atoms with Gasteiger partial charge in [-0.05, 0) is 37.1 Å². The Morgan fingerprint density at radius 3 is 3.00 bits per heavy atom. The molecule has 2 N–H and O–H groups in total. The molecule has 1 aliphatic heterocycles. The number of rotatable bonds is 6. The van der Waals surface area contributed by atoms with Crippen LogP contribution in [0.5, 0.6) is 5.75 Å². The van der Waals surface area contributed by atoms with Crippen LogP contribution < -0.4 is 10.5 Å². The first-order valence-corrected chi connectivity index (χ1v) is 8.86. The third-order valence-electron chi connectivity index (χ3n) is 3.95. The minimum Gasteiger partial charge on any atom is -0.494 e. The van der Waals surface area contributed by atoms with Crippen molar-refractivity contribution in [2.24, 2.45) is 5.73 Å². The third-order valence-corrected chi connectivity index (χ3v) is 5.32. The summed E-state index contributed by atoms with van der Waals surface area (Å²) in [6, 6.07) is 8.07. The largest absolute Gasteiger partial charge is 0.494 e. The van der Waals surface area contributed by atoms with E-state index < -0.39 is 0 Å². The van der Waals surface area contributed by atoms with Crippen LogP contribution in [0.25, 0.3) is 0 Å². The highest BCUT2D eigenvalue weighted by molar-refractivity contribution is 8.00. The number of nitrogens with zero attached hydrogens (tertiary/aromatic N) is 1. The highest BCUT2D eigenvalue weighted by Crippen LogP contribution is 2.30. The van der Waals surface area contributed by atoms with Crippen LogP contribution in [0.15, 0.2) is 24.3 Å². The number of nitrogens with two attached hydrogens (primary N) is 1. The van der Waals surface area contributed by atoms with E-state index >= 15 is 0 Å². The molecule has 1 heterocycles. The molecule has 0 aliphatic carbocycles. The zero-order valence-corrected chi connectivity index (χ0v) is 14.1. The second-order valence-electron chi connectivity index (χ2n) is 6.25. The summed E-state index contributed by atoms with van der Waals surface area (Å²) in [4.78, 5) is 2.57. The average Bonchev–Trinajstić information content (AvgIpc) is 2.65. The molecule has 21 heavy (non-hydrogen) atoms. The summed E-state index contributed by atoms with van der Waals surface area (Å²) in [6.45, 7) is 9.61. The van der Waals surface area contributed by atoms with Crippen molar-refractivity contribution in [1.29, 1.82) is 0 Å². The van der Waals surface area contributed by atoms with Gasteiger partial charge in [0, 0.05) is 30.1 Å². The van der Waals surface area contributed by atoms with Gasteiger partial charge >= 0.3 is 0 Å². The van der Waals surface area contributed by atoms with Crippen molar-refractivity contribution in [2.45, 2.75) is 38.0 Å². The summed E-state index contributed by atoms with van der Waals surface area (Å²) in [5.41, 5.74) is 6.77. The lowest BCUT2D eigenvalue weighted by Gasteiger charge is -2.22. The van der Waals surface area contributed by atoms with Gasteiger partial charge in [0.1, 0.15) is 5.75 Å². The molecule has 1 fully saturated rings. The van der Waals surface area contributed by atoms with Crippen molar-refractivity contribution < 1.29 is 4.74 Å². The Bertz CT molecular complexity index is 437. The van der Waals surface area contributed by atoms with E-state index in [1.54, 1.807) is 0 Å². The van der Waals surface area contributed by atoms with Crippen LogP contribution in [0.1, 0.15) is 32.3 Å². The normalized spacial score (nSPS) is 19.2. The summed E-state index contributed by atoms with van der Waals surface area (Å²) >= 11 is 2.10. The van der Waals surface area contributed by atoms with Crippen LogP contribution in [0, 0.1) is 0 Å². The molecule has 0 bridgehead atoms. The number of ether oxygens (including phenoxy) is 1. The molecule has 1 saturated heterocycles. The molecular weight excluding hydrogens is 280 g/mol. The fourth-order valence-electron chi connectivity index (χ4n) is 2.53. The Morgan fingerprint density at radius 2 is 2.19 bits per heavy atom. The van der Waals surface area contributed by atoms with Gasteiger partial charge in [-0.15, -0.1) is 0 Å². The Balaban J connectivity index is 1.67. The van der Waals surface area contributed by atoms with Crippen molar-refractivity contribution in [1.82, 2.24) is 4.90 Å². The highest BCUT2D eigenvalue weighted by Gasteiger charge is 2.23. The standard InChI is InChI=1S/C17H28N2OS/c1-17(2)7-9-19(10-12-21-17)8-4-11-20-16-6-3-5-15(13-16)14-18/h3,5-6,13H,4,7-12,14,18H2,1-2H3. The number of benzene rings is 1. The molecule has 0 unspecified atom stereocenters. The first-order valence-electron chi connectivity index (χ1n) is 7.87. The maximum Gasteiger partial charge on any atom is 0.119 e. The predicted molar refractivity (Wildman–Crippen MR) is 92.0 cm³/mol. The zero-order chi connectivity index (χ0) is 15.1. The summed E-state index contributed by atoms with van der Waals surface area (Å²) in [5, 5.41) is 0. The molecule has 1 aliphatic rings. The lowest BCUT2D eigenvalue weighted by molar-refractivity contribution is 0.240.